The Morgan fingerprint density at radius 2 is 1.95 bits per heavy atom. The Balaban J connectivity index is 2.67. The van der Waals surface area contributed by atoms with E-state index >= 15 is 0 Å². The third-order valence-electron chi connectivity index (χ3n) is 4.48. The number of amides is 2. The molecule has 1 rings (SSSR count). The van der Waals surface area contributed by atoms with Crippen molar-refractivity contribution in [1.29, 1.82) is 0 Å². The predicted molar refractivity (Wildman–Crippen MR) is 84.7 cm³/mol. The van der Waals surface area contributed by atoms with Gasteiger partial charge in [-0.15, -0.1) is 0 Å². The normalized spacial score (nSPS) is 23.5. The molecular weight excluding hydrogens is 266 g/mol. The molecule has 5 nitrogen and oxygen atoms in total. The SMILES string of the molecule is CCCN(CC(=O)N(C)C)C(=O)C(C)C1CCCC(N)C1. The molecule has 0 radical (unpaired) electrons. The Hall–Kier alpha value is -1.10. The highest BCUT2D eigenvalue weighted by Gasteiger charge is 2.31. The van der Waals surface area contributed by atoms with Gasteiger partial charge in [0.05, 0.1) is 6.54 Å². The maximum Gasteiger partial charge on any atom is 0.241 e. The van der Waals surface area contributed by atoms with Crippen LogP contribution in [0, 0.1) is 11.8 Å². The second kappa shape index (κ2) is 8.37. The zero-order chi connectivity index (χ0) is 16.0. The van der Waals surface area contributed by atoms with Crippen LogP contribution in [-0.2, 0) is 9.59 Å². The maximum absolute atomic E-state index is 12.7. The highest BCUT2D eigenvalue weighted by atomic mass is 16.2. The molecule has 0 aliphatic heterocycles. The Morgan fingerprint density at radius 1 is 1.29 bits per heavy atom. The summed E-state index contributed by atoms with van der Waals surface area (Å²) in [5.41, 5.74) is 6.03. The molecule has 3 atom stereocenters. The second-order valence-electron chi connectivity index (χ2n) is 6.52. The van der Waals surface area contributed by atoms with E-state index in [1.807, 2.05) is 13.8 Å². The molecule has 0 heterocycles. The van der Waals surface area contributed by atoms with Gasteiger partial charge < -0.3 is 15.5 Å². The van der Waals surface area contributed by atoms with Crippen LogP contribution < -0.4 is 5.73 Å². The molecule has 3 unspecified atom stereocenters. The number of nitrogens with two attached hydrogens (primary N) is 1. The van der Waals surface area contributed by atoms with Crippen molar-refractivity contribution in [2.24, 2.45) is 17.6 Å². The van der Waals surface area contributed by atoms with Gasteiger partial charge in [-0.2, -0.15) is 0 Å². The summed E-state index contributed by atoms with van der Waals surface area (Å²) >= 11 is 0. The zero-order valence-electron chi connectivity index (χ0n) is 14.0. The number of carbonyl (C=O) groups is 2. The standard InChI is InChI=1S/C16H31N3O2/c1-5-9-19(11-15(20)18(3)4)16(21)12(2)13-7-6-8-14(17)10-13/h12-14H,5-11,17H2,1-4H3. The van der Waals surface area contributed by atoms with Gasteiger partial charge in [-0.3, -0.25) is 9.59 Å². The lowest BCUT2D eigenvalue weighted by Crippen LogP contribution is -2.45. The zero-order valence-corrected chi connectivity index (χ0v) is 14.0. The van der Waals surface area contributed by atoms with E-state index < -0.39 is 0 Å². The van der Waals surface area contributed by atoms with E-state index in [4.69, 9.17) is 5.73 Å². The third-order valence-corrected chi connectivity index (χ3v) is 4.48. The van der Waals surface area contributed by atoms with Crippen LogP contribution >= 0.6 is 0 Å². The fourth-order valence-electron chi connectivity index (χ4n) is 3.05. The smallest absolute Gasteiger partial charge is 0.241 e. The molecule has 1 fully saturated rings. The van der Waals surface area contributed by atoms with Gasteiger partial charge in [0.15, 0.2) is 0 Å². The summed E-state index contributed by atoms with van der Waals surface area (Å²) in [7, 11) is 3.45. The Labute approximate surface area is 128 Å². The molecule has 1 saturated carbocycles. The van der Waals surface area contributed by atoms with E-state index in [1.165, 1.54) is 4.90 Å². The van der Waals surface area contributed by atoms with Crippen molar-refractivity contribution in [3.8, 4) is 0 Å². The van der Waals surface area contributed by atoms with Gasteiger partial charge in [-0.1, -0.05) is 20.3 Å². The van der Waals surface area contributed by atoms with Crippen LogP contribution in [0.15, 0.2) is 0 Å². The molecular formula is C16H31N3O2. The summed E-state index contributed by atoms with van der Waals surface area (Å²) in [4.78, 5) is 27.9. The van der Waals surface area contributed by atoms with Gasteiger partial charge in [-0.05, 0) is 31.6 Å². The predicted octanol–water partition coefficient (Wildman–Crippen LogP) is 1.47. The second-order valence-corrected chi connectivity index (χ2v) is 6.52. The van der Waals surface area contributed by atoms with Gasteiger partial charge in [0, 0.05) is 32.6 Å². The summed E-state index contributed by atoms with van der Waals surface area (Å²) in [5.74, 6) is 0.392. The fraction of sp³-hybridized carbons (Fsp3) is 0.875. The molecule has 0 saturated heterocycles. The monoisotopic (exact) mass is 297 g/mol. The first-order valence-corrected chi connectivity index (χ1v) is 8.11. The molecule has 2 N–H and O–H groups in total. The highest BCUT2D eigenvalue weighted by Crippen LogP contribution is 2.30. The molecule has 122 valence electrons. The molecule has 0 bridgehead atoms. The van der Waals surface area contributed by atoms with Crippen LogP contribution in [0.3, 0.4) is 0 Å². The molecule has 0 aromatic carbocycles. The first-order valence-electron chi connectivity index (χ1n) is 8.11. The lowest BCUT2D eigenvalue weighted by atomic mass is 9.78. The first-order chi connectivity index (χ1) is 9.86. The Bertz CT molecular complexity index is 357. The van der Waals surface area contributed by atoms with Crippen molar-refractivity contribution >= 4 is 11.8 Å². The number of likely N-dealkylation sites (N-methyl/N-ethyl adjacent to an activating group) is 1. The molecule has 1 aliphatic rings. The van der Waals surface area contributed by atoms with Crippen LogP contribution in [0.1, 0.15) is 46.0 Å². The lowest BCUT2D eigenvalue weighted by molar-refractivity contribution is -0.143. The Morgan fingerprint density at radius 3 is 2.48 bits per heavy atom. The molecule has 0 spiro atoms. The number of carbonyl (C=O) groups excluding carboxylic acids is 2. The quantitative estimate of drug-likeness (QED) is 0.807. The van der Waals surface area contributed by atoms with Crippen LogP contribution in [0.4, 0.5) is 0 Å². The maximum atomic E-state index is 12.7. The van der Waals surface area contributed by atoms with E-state index in [1.54, 1.807) is 19.0 Å². The average Bonchev–Trinajstić information content (AvgIpc) is 2.45. The van der Waals surface area contributed by atoms with Crippen molar-refractivity contribution in [3.63, 3.8) is 0 Å². The van der Waals surface area contributed by atoms with Gasteiger partial charge in [0.1, 0.15) is 0 Å². The molecule has 21 heavy (non-hydrogen) atoms. The molecule has 2 amide bonds. The molecule has 0 aromatic rings. The van der Waals surface area contributed by atoms with Crippen LogP contribution in [0.2, 0.25) is 0 Å². The van der Waals surface area contributed by atoms with Crippen molar-refractivity contribution in [1.82, 2.24) is 9.80 Å². The number of hydrogen-bond donors (Lipinski definition) is 1. The van der Waals surface area contributed by atoms with Crippen molar-refractivity contribution in [2.45, 2.75) is 52.0 Å². The van der Waals surface area contributed by atoms with Crippen molar-refractivity contribution in [3.05, 3.63) is 0 Å². The number of nitrogens with zero attached hydrogens (tertiary/aromatic N) is 2. The van der Waals surface area contributed by atoms with Gasteiger partial charge in [-0.25, -0.2) is 0 Å². The van der Waals surface area contributed by atoms with Gasteiger partial charge in [0.25, 0.3) is 0 Å². The minimum absolute atomic E-state index is 0.0238. The van der Waals surface area contributed by atoms with Crippen LogP contribution in [0.25, 0.3) is 0 Å². The largest absolute Gasteiger partial charge is 0.347 e. The highest BCUT2D eigenvalue weighted by molar-refractivity contribution is 5.85. The number of hydrogen-bond acceptors (Lipinski definition) is 3. The molecule has 5 heteroatoms. The fourth-order valence-corrected chi connectivity index (χ4v) is 3.05. The summed E-state index contributed by atoms with van der Waals surface area (Å²) in [5, 5.41) is 0. The molecule has 0 aromatic heterocycles. The Kier molecular flexibility index (Phi) is 7.15. The minimum Gasteiger partial charge on any atom is -0.347 e. The summed E-state index contributed by atoms with van der Waals surface area (Å²) < 4.78 is 0. The van der Waals surface area contributed by atoms with Crippen molar-refractivity contribution < 1.29 is 9.59 Å². The van der Waals surface area contributed by atoms with E-state index in [0.717, 1.165) is 32.1 Å². The van der Waals surface area contributed by atoms with Crippen LogP contribution in [-0.4, -0.2) is 54.8 Å². The third kappa shape index (κ3) is 5.30. The average molecular weight is 297 g/mol. The van der Waals surface area contributed by atoms with E-state index in [2.05, 4.69) is 0 Å². The minimum atomic E-state index is -0.0436. The van der Waals surface area contributed by atoms with Crippen LogP contribution in [0.5, 0.6) is 0 Å². The van der Waals surface area contributed by atoms with E-state index in [9.17, 15) is 9.59 Å². The summed E-state index contributed by atoms with van der Waals surface area (Å²) in [6.07, 6.45) is 5.03. The van der Waals surface area contributed by atoms with E-state index in [0.29, 0.717) is 12.5 Å². The number of rotatable bonds is 6. The lowest BCUT2D eigenvalue weighted by Gasteiger charge is -2.34. The molecule has 1 aliphatic carbocycles. The van der Waals surface area contributed by atoms with Crippen molar-refractivity contribution in [2.75, 3.05) is 27.2 Å². The summed E-state index contributed by atoms with van der Waals surface area (Å²) in [6, 6.07) is 0.224. The topological polar surface area (TPSA) is 66.6 Å². The van der Waals surface area contributed by atoms with E-state index in [-0.39, 0.29) is 30.3 Å². The summed E-state index contributed by atoms with van der Waals surface area (Å²) in [6.45, 7) is 4.85. The van der Waals surface area contributed by atoms with Gasteiger partial charge in [0.2, 0.25) is 11.8 Å². The first kappa shape index (κ1) is 18.0. The van der Waals surface area contributed by atoms with Gasteiger partial charge >= 0.3 is 0 Å².